The Morgan fingerprint density at radius 2 is 1.82 bits per heavy atom. The quantitative estimate of drug-likeness (QED) is 0.686. The molecule has 1 aromatic heterocycles. The number of rotatable bonds is 4. The van der Waals surface area contributed by atoms with Crippen LogP contribution in [0.2, 0.25) is 0 Å². The minimum atomic E-state index is 0.815. The first-order valence-electron chi connectivity index (χ1n) is 7.18. The maximum atomic E-state index is 4.17. The summed E-state index contributed by atoms with van der Waals surface area (Å²) in [5.74, 6) is 0.859. The summed E-state index contributed by atoms with van der Waals surface area (Å²) >= 11 is 1.66. The molecular formula is C17H18N4S. The van der Waals surface area contributed by atoms with Crippen LogP contribution in [0.4, 0.5) is 0 Å². The second-order valence-corrected chi connectivity index (χ2v) is 6.32. The van der Waals surface area contributed by atoms with Gasteiger partial charge in [0.2, 0.25) is 5.16 Å². The van der Waals surface area contributed by atoms with Crippen molar-refractivity contribution < 1.29 is 0 Å². The number of aromatic nitrogens is 4. The zero-order valence-corrected chi connectivity index (χ0v) is 13.8. The van der Waals surface area contributed by atoms with E-state index in [9.17, 15) is 0 Å². The number of thioether (sulfide) groups is 1. The summed E-state index contributed by atoms with van der Waals surface area (Å²) in [4.78, 5) is 0. The van der Waals surface area contributed by atoms with Crippen LogP contribution in [0.1, 0.15) is 22.3 Å². The average molecular weight is 310 g/mol. The van der Waals surface area contributed by atoms with Crippen LogP contribution in [0, 0.1) is 20.8 Å². The number of tetrazole rings is 1. The van der Waals surface area contributed by atoms with Gasteiger partial charge in [0.15, 0.2) is 0 Å². The van der Waals surface area contributed by atoms with Gasteiger partial charge in [0.05, 0.1) is 5.69 Å². The van der Waals surface area contributed by atoms with Crippen LogP contribution in [-0.4, -0.2) is 20.2 Å². The summed E-state index contributed by atoms with van der Waals surface area (Å²) in [6.45, 7) is 6.30. The van der Waals surface area contributed by atoms with E-state index >= 15 is 0 Å². The molecule has 0 aliphatic carbocycles. The van der Waals surface area contributed by atoms with E-state index in [0.29, 0.717) is 0 Å². The zero-order valence-electron chi connectivity index (χ0n) is 12.9. The predicted molar refractivity (Wildman–Crippen MR) is 89.4 cm³/mol. The Morgan fingerprint density at radius 3 is 2.59 bits per heavy atom. The fourth-order valence-electron chi connectivity index (χ4n) is 2.38. The van der Waals surface area contributed by atoms with E-state index in [0.717, 1.165) is 16.6 Å². The van der Waals surface area contributed by atoms with Crippen molar-refractivity contribution in [1.82, 2.24) is 20.2 Å². The summed E-state index contributed by atoms with van der Waals surface area (Å²) in [6.07, 6.45) is 0. The highest BCUT2D eigenvalue weighted by Crippen LogP contribution is 2.25. The number of nitrogens with zero attached hydrogens (tertiary/aromatic N) is 4. The van der Waals surface area contributed by atoms with Crippen molar-refractivity contribution in [2.75, 3.05) is 0 Å². The van der Waals surface area contributed by atoms with E-state index in [2.05, 4.69) is 78.8 Å². The molecule has 0 radical (unpaired) electrons. The van der Waals surface area contributed by atoms with Gasteiger partial charge in [-0.3, -0.25) is 0 Å². The Balaban J connectivity index is 1.85. The largest absolute Gasteiger partial charge is 0.214 e. The molecule has 0 amide bonds. The van der Waals surface area contributed by atoms with Gasteiger partial charge >= 0.3 is 0 Å². The minimum Gasteiger partial charge on any atom is -0.187 e. The molecule has 3 rings (SSSR count). The van der Waals surface area contributed by atoms with E-state index < -0.39 is 0 Å². The Kier molecular flexibility index (Phi) is 4.24. The van der Waals surface area contributed by atoms with Crippen molar-refractivity contribution in [3.05, 3.63) is 64.7 Å². The van der Waals surface area contributed by atoms with Crippen LogP contribution in [0.5, 0.6) is 0 Å². The molecule has 112 valence electrons. The molecule has 1 heterocycles. The van der Waals surface area contributed by atoms with Crippen LogP contribution in [0.25, 0.3) is 5.69 Å². The van der Waals surface area contributed by atoms with Gasteiger partial charge in [-0.2, -0.15) is 4.68 Å². The summed E-state index contributed by atoms with van der Waals surface area (Å²) in [6, 6.07) is 14.7. The first-order valence-corrected chi connectivity index (χ1v) is 8.17. The lowest BCUT2D eigenvalue weighted by Crippen LogP contribution is -2.02. The maximum absolute atomic E-state index is 4.17. The van der Waals surface area contributed by atoms with Crippen LogP contribution in [0.15, 0.2) is 47.6 Å². The molecule has 0 aliphatic rings. The molecule has 0 unspecified atom stereocenters. The molecule has 0 aliphatic heterocycles. The Morgan fingerprint density at radius 1 is 1.00 bits per heavy atom. The van der Waals surface area contributed by atoms with Crippen molar-refractivity contribution in [2.45, 2.75) is 31.7 Å². The molecule has 4 nitrogen and oxygen atoms in total. The van der Waals surface area contributed by atoms with Crippen molar-refractivity contribution in [2.24, 2.45) is 0 Å². The minimum absolute atomic E-state index is 0.815. The Bertz CT molecular complexity index is 795. The van der Waals surface area contributed by atoms with Gasteiger partial charge in [-0.05, 0) is 54.0 Å². The van der Waals surface area contributed by atoms with Crippen LogP contribution >= 0.6 is 11.8 Å². The highest BCUT2D eigenvalue weighted by atomic mass is 32.2. The average Bonchev–Trinajstić information content (AvgIpc) is 2.95. The van der Waals surface area contributed by atoms with Crippen LogP contribution in [-0.2, 0) is 5.75 Å². The molecule has 22 heavy (non-hydrogen) atoms. The monoisotopic (exact) mass is 310 g/mol. The third-order valence-electron chi connectivity index (χ3n) is 3.64. The van der Waals surface area contributed by atoms with E-state index in [1.807, 2.05) is 4.68 Å². The zero-order chi connectivity index (χ0) is 15.5. The van der Waals surface area contributed by atoms with Crippen LogP contribution < -0.4 is 0 Å². The summed E-state index contributed by atoms with van der Waals surface area (Å²) < 4.78 is 1.82. The topological polar surface area (TPSA) is 43.6 Å². The molecule has 0 bridgehead atoms. The third kappa shape index (κ3) is 3.04. The summed E-state index contributed by atoms with van der Waals surface area (Å²) in [5.41, 5.74) is 6.04. The number of aryl methyl sites for hydroxylation is 3. The standard InChI is InChI=1S/C17H18N4S/c1-12-8-9-16(14(3)10-12)21-17(18-19-20-21)22-11-15-7-5-4-6-13(15)2/h4-10H,11H2,1-3H3. The van der Waals surface area contributed by atoms with E-state index in [-0.39, 0.29) is 0 Å². The van der Waals surface area contributed by atoms with E-state index in [4.69, 9.17) is 0 Å². The fourth-order valence-corrected chi connectivity index (χ4v) is 3.34. The second kappa shape index (κ2) is 6.32. The van der Waals surface area contributed by atoms with Crippen molar-refractivity contribution in [1.29, 1.82) is 0 Å². The summed E-state index contributed by atoms with van der Waals surface area (Å²) in [5, 5.41) is 13.0. The molecule has 3 aromatic rings. The van der Waals surface area contributed by atoms with Crippen molar-refractivity contribution in [3.8, 4) is 5.69 Å². The lowest BCUT2D eigenvalue weighted by atomic mass is 10.1. The van der Waals surface area contributed by atoms with E-state index in [1.54, 1.807) is 11.8 Å². The third-order valence-corrected chi connectivity index (χ3v) is 4.61. The van der Waals surface area contributed by atoms with Crippen molar-refractivity contribution >= 4 is 11.8 Å². The normalized spacial score (nSPS) is 10.9. The number of hydrogen-bond acceptors (Lipinski definition) is 4. The van der Waals surface area contributed by atoms with Gasteiger partial charge in [-0.15, -0.1) is 5.10 Å². The number of hydrogen-bond donors (Lipinski definition) is 0. The molecular weight excluding hydrogens is 292 g/mol. The van der Waals surface area contributed by atoms with Gasteiger partial charge in [0, 0.05) is 5.75 Å². The molecule has 0 saturated carbocycles. The molecule has 0 spiro atoms. The fraction of sp³-hybridized carbons (Fsp3) is 0.235. The Hall–Kier alpha value is -2.14. The van der Waals surface area contributed by atoms with Crippen molar-refractivity contribution in [3.63, 3.8) is 0 Å². The lowest BCUT2D eigenvalue weighted by molar-refractivity contribution is 0.751. The van der Waals surface area contributed by atoms with E-state index in [1.165, 1.54) is 22.3 Å². The second-order valence-electron chi connectivity index (χ2n) is 5.38. The molecule has 0 atom stereocenters. The molecule has 0 saturated heterocycles. The predicted octanol–water partition coefficient (Wildman–Crippen LogP) is 3.88. The maximum Gasteiger partial charge on any atom is 0.214 e. The van der Waals surface area contributed by atoms with Gasteiger partial charge in [0.1, 0.15) is 0 Å². The highest BCUT2D eigenvalue weighted by Gasteiger charge is 2.11. The van der Waals surface area contributed by atoms with Crippen LogP contribution in [0.3, 0.4) is 0 Å². The van der Waals surface area contributed by atoms with Gasteiger partial charge in [-0.1, -0.05) is 53.7 Å². The summed E-state index contributed by atoms with van der Waals surface area (Å²) in [7, 11) is 0. The van der Waals surface area contributed by atoms with Gasteiger partial charge < -0.3 is 0 Å². The molecule has 5 heteroatoms. The lowest BCUT2D eigenvalue weighted by Gasteiger charge is -2.09. The Labute approximate surface area is 134 Å². The molecule has 2 aromatic carbocycles. The molecule has 0 fully saturated rings. The molecule has 0 N–H and O–H groups in total. The highest BCUT2D eigenvalue weighted by molar-refractivity contribution is 7.98. The number of benzene rings is 2. The first kappa shape index (κ1) is 14.8. The van der Waals surface area contributed by atoms with Gasteiger partial charge in [0.25, 0.3) is 0 Å². The van der Waals surface area contributed by atoms with Gasteiger partial charge in [-0.25, -0.2) is 0 Å². The smallest absolute Gasteiger partial charge is 0.187 e. The first-order chi connectivity index (χ1) is 10.6. The SMILES string of the molecule is Cc1ccc(-n2nnnc2SCc2ccccc2C)c(C)c1.